The zero-order valence-corrected chi connectivity index (χ0v) is 11.6. The Morgan fingerprint density at radius 3 is 2.65 bits per heavy atom. The van der Waals surface area contributed by atoms with Crippen LogP contribution in [0.25, 0.3) is 6.08 Å². The van der Waals surface area contributed by atoms with Gasteiger partial charge in [0.25, 0.3) is 5.69 Å². The molecule has 1 aromatic carbocycles. The molecule has 1 unspecified atom stereocenters. The molecule has 0 heterocycles. The number of carbonyl (C=O) groups excluding carboxylic acids is 1. The minimum absolute atomic E-state index is 0.0317. The Bertz CT molecular complexity index is 512. The van der Waals surface area contributed by atoms with Crippen molar-refractivity contribution in [1.29, 1.82) is 0 Å². The average molecular weight is 277 g/mol. The number of carbonyl (C=O) groups is 1. The predicted octanol–water partition coefficient (Wildman–Crippen LogP) is 1.71. The molecule has 0 bridgehead atoms. The van der Waals surface area contributed by atoms with E-state index in [9.17, 15) is 14.9 Å². The van der Waals surface area contributed by atoms with E-state index in [2.05, 4.69) is 5.32 Å². The molecule has 0 aromatic heterocycles. The molecule has 20 heavy (non-hydrogen) atoms. The van der Waals surface area contributed by atoms with Crippen molar-refractivity contribution in [1.82, 2.24) is 5.32 Å². The van der Waals surface area contributed by atoms with Crippen LogP contribution in [0.3, 0.4) is 0 Å². The average Bonchev–Trinajstić information content (AvgIpc) is 2.42. The molecule has 0 aliphatic carbocycles. The summed E-state index contributed by atoms with van der Waals surface area (Å²) in [6.07, 6.45) is 2.72. The number of nitro groups is 1. The molecule has 0 spiro atoms. The third kappa shape index (κ3) is 4.47. The van der Waals surface area contributed by atoms with Crippen LogP contribution in [0, 0.1) is 16.0 Å². The SMILES string of the molecule is CC(C)C(CN)NC(=O)C=Cc1ccccc1[N+](=O)[O-]. The van der Waals surface area contributed by atoms with Crippen LogP contribution in [-0.2, 0) is 4.79 Å². The monoisotopic (exact) mass is 277 g/mol. The number of rotatable bonds is 6. The van der Waals surface area contributed by atoms with Crippen LogP contribution in [-0.4, -0.2) is 23.4 Å². The first-order valence-electron chi connectivity index (χ1n) is 6.37. The van der Waals surface area contributed by atoms with Gasteiger partial charge in [0.05, 0.1) is 10.5 Å². The normalized spacial score (nSPS) is 12.6. The number of hydrogen-bond acceptors (Lipinski definition) is 4. The highest BCUT2D eigenvalue weighted by Crippen LogP contribution is 2.18. The summed E-state index contributed by atoms with van der Waals surface area (Å²) in [6.45, 7) is 4.27. The number of benzene rings is 1. The van der Waals surface area contributed by atoms with E-state index in [1.165, 1.54) is 18.2 Å². The van der Waals surface area contributed by atoms with E-state index >= 15 is 0 Å². The summed E-state index contributed by atoms with van der Waals surface area (Å²) < 4.78 is 0. The highest BCUT2D eigenvalue weighted by atomic mass is 16.6. The fourth-order valence-corrected chi connectivity index (χ4v) is 1.69. The molecular formula is C14H19N3O3. The molecule has 0 aliphatic heterocycles. The molecule has 3 N–H and O–H groups in total. The second-order valence-electron chi connectivity index (χ2n) is 4.74. The highest BCUT2D eigenvalue weighted by Gasteiger charge is 2.13. The second-order valence-corrected chi connectivity index (χ2v) is 4.74. The van der Waals surface area contributed by atoms with Crippen molar-refractivity contribution in [3.63, 3.8) is 0 Å². The van der Waals surface area contributed by atoms with Crippen molar-refractivity contribution in [2.75, 3.05) is 6.54 Å². The maximum atomic E-state index is 11.7. The summed E-state index contributed by atoms with van der Waals surface area (Å²) >= 11 is 0. The predicted molar refractivity (Wildman–Crippen MR) is 78.0 cm³/mol. The van der Waals surface area contributed by atoms with Crippen LogP contribution in [0.5, 0.6) is 0 Å². The van der Waals surface area contributed by atoms with E-state index < -0.39 is 4.92 Å². The van der Waals surface area contributed by atoms with E-state index in [0.717, 1.165) is 0 Å². The molecule has 6 heteroatoms. The van der Waals surface area contributed by atoms with Gasteiger partial charge in [0.2, 0.25) is 5.91 Å². The third-order valence-corrected chi connectivity index (χ3v) is 2.93. The van der Waals surface area contributed by atoms with Gasteiger partial charge in [0, 0.05) is 24.7 Å². The summed E-state index contributed by atoms with van der Waals surface area (Å²) in [5.41, 5.74) is 5.92. The quantitative estimate of drug-likeness (QED) is 0.470. The van der Waals surface area contributed by atoms with Gasteiger partial charge in [-0.3, -0.25) is 14.9 Å². The van der Waals surface area contributed by atoms with Gasteiger partial charge >= 0.3 is 0 Å². The molecule has 1 aromatic rings. The Morgan fingerprint density at radius 1 is 1.45 bits per heavy atom. The second kappa shape index (κ2) is 7.40. The van der Waals surface area contributed by atoms with E-state index in [0.29, 0.717) is 12.1 Å². The van der Waals surface area contributed by atoms with Crippen molar-refractivity contribution in [2.45, 2.75) is 19.9 Å². The summed E-state index contributed by atoms with van der Waals surface area (Å²) in [5.74, 6) is -0.0873. The van der Waals surface area contributed by atoms with Gasteiger partial charge < -0.3 is 11.1 Å². The lowest BCUT2D eigenvalue weighted by Crippen LogP contribution is -2.42. The van der Waals surface area contributed by atoms with Crippen molar-refractivity contribution in [3.8, 4) is 0 Å². The van der Waals surface area contributed by atoms with Crippen LogP contribution in [0.15, 0.2) is 30.3 Å². The molecule has 1 atom stereocenters. The van der Waals surface area contributed by atoms with Crippen LogP contribution in [0.1, 0.15) is 19.4 Å². The van der Waals surface area contributed by atoms with E-state index in [4.69, 9.17) is 5.73 Å². The van der Waals surface area contributed by atoms with Gasteiger partial charge in [-0.2, -0.15) is 0 Å². The minimum Gasteiger partial charge on any atom is -0.348 e. The number of nitrogens with one attached hydrogen (secondary N) is 1. The Balaban J connectivity index is 2.78. The molecule has 1 amide bonds. The standard InChI is InChI=1S/C14H19N3O3/c1-10(2)12(9-15)16-14(18)8-7-11-5-3-4-6-13(11)17(19)20/h3-8,10,12H,9,15H2,1-2H3,(H,16,18). The zero-order chi connectivity index (χ0) is 15.1. The van der Waals surface area contributed by atoms with Crippen LogP contribution in [0.2, 0.25) is 0 Å². The molecule has 1 rings (SSSR count). The number of amides is 1. The third-order valence-electron chi connectivity index (χ3n) is 2.93. The molecule has 0 saturated carbocycles. The first kappa shape index (κ1) is 15.8. The van der Waals surface area contributed by atoms with Crippen molar-refractivity contribution in [2.24, 2.45) is 11.7 Å². The molecule has 0 radical (unpaired) electrons. The van der Waals surface area contributed by atoms with E-state index in [-0.39, 0.29) is 23.6 Å². The Labute approximate surface area is 117 Å². The van der Waals surface area contributed by atoms with Crippen LogP contribution in [0.4, 0.5) is 5.69 Å². The summed E-state index contributed by atoms with van der Waals surface area (Å²) in [7, 11) is 0. The number of hydrogen-bond donors (Lipinski definition) is 2. The van der Waals surface area contributed by atoms with Gasteiger partial charge in [0.15, 0.2) is 0 Å². The smallest absolute Gasteiger partial charge is 0.276 e. The van der Waals surface area contributed by atoms with Crippen molar-refractivity contribution >= 4 is 17.7 Å². The van der Waals surface area contributed by atoms with Crippen LogP contribution < -0.4 is 11.1 Å². The lowest BCUT2D eigenvalue weighted by atomic mass is 10.0. The molecular weight excluding hydrogens is 258 g/mol. The Morgan fingerprint density at radius 2 is 2.10 bits per heavy atom. The molecule has 108 valence electrons. The molecule has 6 nitrogen and oxygen atoms in total. The van der Waals surface area contributed by atoms with Gasteiger partial charge in [-0.15, -0.1) is 0 Å². The Kier molecular flexibility index (Phi) is 5.86. The van der Waals surface area contributed by atoms with Gasteiger partial charge in [-0.1, -0.05) is 26.0 Å². The first-order valence-corrected chi connectivity index (χ1v) is 6.37. The number of nitrogens with two attached hydrogens (primary N) is 1. The highest BCUT2D eigenvalue weighted by molar-refractivity contribution is 5.92. The van der Waals surface area contributed by atoms with E-state index in [1.54, 1.807) is 18.2 Å². The first-order chi connectivity index (χ1) is 9.45. The maximum Gasteiger partial charge on any atom is 0.276 e. The summed E-state index contributed by atoms with van der Waals surface area (Å²) in [6, 6.07) is 6.14. The van der Waals surface area contributed by atoms with Crippen molar-refractivity contribution < 1.29 is 9.72 Å². The summed E-state index contributed by atoms with van der Waals surface area (Å²) in [5, 5.41) is 13.6. The molecule has 0 saturated heterocycles. The van der Waals surface area contributed by atoms with Crippen LogP contribution >= 0.6 is 0 Å². The fraction of sp³-hybridized carbons (Fsp3) is 0.357. The lowest BCUT2D eigenvalue weighted by Gasteiger charge is -2.19. The van der Waals surface area contributed by atoms with Crippen molar-refractivity contribution in [3.05, 3.63) is 46.0 Å². The zero-order valence-electron chi connectivity index (χ0n) is 11.6. The number of nitrogens with zero attached hydrogens (tertiary/aromatic N) is 1. The molecule has 0 fully saturated rings. The lowest BCUT2D eigenvalue weighted by molar-refractivity contribution is -0.385. The van der Waals surface area contributed by atoms with Gasteiger partial charge in [-0.05, 0) is 18.1 Å². The number of nitro benzene ring substituents is 1. The molecule has 0 aliphatic rings. The van der Waals surface area contributed by atoms with Gasteiger partial charge in [-0.25, -0.2) is 0 Å². The topological polar surface area (TPSA) is 98.3 Å². The fourth-order valence-electron chi connectivity index (χ4n) is 1.69. The number of para-hydroxylation sites is 1. The minimum atomic E-state index is -0.478. The van der Waals surface area contributed by atoms with E-state index in [1.807, 2.05) is 13.8 Å². The maximum absolute atomic E-state index is 11.7. The Hall–Kier alpha value is -2.21. The summed E-state index contributed by atoms with van der Waals surface area (Å²) in [4.78, 5) is 22.1. The largest absolute Gasteiger partial charge is 0.348 e. The van der Waals surface area contributed by atoms with Gasteiger partial charge in [0.1, 0.15) is 0 Å².